The van der Waals surface area contributed by atoms with Gasteiger partial charge in [-0.3, -0.25) is 19.2 Å². The lowest BCUT2D eigenvalue weighted by atomic mass is 9.99. The molecule has 4 aromatic rings. The first kappa shape index (κ1) is 102. The SMILES string of the molecule is CC1/C=C/CCOC(=O)c2c(O)cc(O)cc2CC(=N/OCC(=O)N2CCCCC2)/C=C/C1.CC1/C=C/COC(=O)c2c(O)cc(O)c(Cl)c2CC(=N/OCC(=O)N2CCCCC2)/C=C/C1.CC1/C=C/COC(=O)c2c(O)cc(O)c(Cl)c2CC(=N\OCC(=O)N2CCCCC2)/C=C/C1.CC1/C=C/COC(=O)c2c(O)cc(O)cc2CC(=N\OCC(=O)N2CCCCC2)/C=C/C1. The molecular formula is C97H120Cl2N8O24. The van der Waals surface area contributed by atoms with Gasteiger partial charge in [0.2, 0.25) is 0 Å². The van der Waals surface area contributed by atoms with Crippen molar-refractivity contribution >= 4 is 93.6 Å². The number of ether oxygens (including phenoxy) is 4. The first-order valence-corrected chi connectivity index (χ1v) is 45.3. The van der Waals surface area contributed by atoms with Crippen molar-refractivity contribution in [2.24, 2.45) is 44.3 Å². The molecule has 8 N–H and O–H groups in total. The number of hydrogen-bond donors (Lipinski definition) is 8. The van der Waals surface area contributed by atoms with Crippen LogP contribution >= 0.6 is 23.2 Å². The summed E-state index contributed by atoms with van der Waals surface area (Å²) in [6, 6.07) is 6.98. The van der Waals surface area contributed by atoms with E-state index in [1.165, 1.54) is 12.1 Å². The van der Waals surface area contributed by atoms with Crippen LogP contribution in [0.25, 0.3) is 0 Å². The predicted molar refractivity (Wildman–Crippen MR) is 493 cm³/mol. The summed E-state index contributed by atoms with van der Waals surface area (Å²) in [6.07, 6.45) is 45.7. The van der Waals surface area contributed by atoms with Crippen LogP contribution < -0.4 is 0 Å². The van der Waals surface area contributed by atoms with Crippen LogP contribution in [0.2, 0.25) is 10.0 Å². The number of phenols is 8. The number of amides is 4. The smallest absolute Gasteiger partial charge is 0.342 e. The zero-order valence-corrected chi connectivity index (χ0v) is 76.1. The number of halogens is 2. The number of carbonyl (C=O) groups excluding carboxylic acids is 8. The summed E-state index contributed by atoms with van der Waals surface area (Å²) in [4.78, 5) is 128. The number of phenolic OH excluding ortho intramolecular Hbond substituents is 8. The van der Waals surface area contributed by atoms with Gasteiger partial charge in [0, 0.05) is 102 Å². The third kappa shape index (κ3) is 33.4. The minimum absolute atomic E-state index is 0.0206. The van der Waals surface area contributed by atoms with Crippen molar-refractivity contribution in [1.29, 1.82) is 0 Å². The quantitative estimate of drug-likeness (QED) is 0.0283. The van der Waals surface area contributed by atoms with Crippen LogP contribution in [0.1, 0.15) is 201 Å². The van der Waals surface area contributed by atoms with E-state index in [1.807, 2.05) is 69.4 Å². The third-order valence-electron chi connectivity index (χ3n) is 22.2. The van der Waals surface area contributed by atoms with Crippen molar-refractivity contribution in [3.05, 3.63) is 188 Å². The highest BCUT2D eigenvalue weighted by Gasteiger charge is 2.30. The van der Waals surface area contributed by atoms with Crippen LogP contribution in [-0.2, 0) is 83.2 Å². The van der Waals surface area contributed by atoms with Gasteiger partial charge in [0.05, 0.1) is 39.5 Å². The van der Waals surface area contributed by atoms with Crippen molar-refractivity contribution in [3.63, 3.8) is 0 Å². The Morgan fingerprint density at radius 2 is 0.611 bits per heavy atom. The molecule has 0 radical (unpaired) electrons. The first-order valence-electron chi connectivity index (χ1n) is 44.5. The first-order chi connectivity index (χ1) is 63.1. The number of allylic oxidation sites excluding steroid dienone is 12. The highest BCUT2D eigenvalue weighted by atomic mass is 35.5. The number of fused-ring (bicyclic) bond motifs is 4. The van der Waals surface area contributed by atoms with E-state index < -0.39 is 35.4 Å². The molecule has 8 aliphatic rings. The number of hydrogen-bond acceptors (Lipinski definition) is 28. The molecule has 0 aliphatic carbocycles. The molecule has 34 heteroatoms. The molecule has 0 saturated carbocycles. The largest absolute Gasteiger partial charge is 0.508 e. The number of likely N-dealkylation sites (tertiary alicyclic amines) is 4. The fraction of sp³-hybridized carbons (Fsp3) is 0.464. The van der Waals surface area contributed by atoms with E-state index in [0.717, 1.165) is 140 Å². The maximum Gasteiger partial charge on any atom is 0.342 e. The Hall–Kier alpha value is -12.6. The summed E-state index contributed by atoms with van der Waals surface area (Å²) in [5.74, 6) is -5.28. The monoisotopic (exact) mass is 1850 g/mol. The molecule has 4 amide bonds. The topological polar surface area (TPSA) is 435 Å². The van der Waals surface area contributed by atoms with Gasteiger partial charge in [-0.2, -0.15) is 0 Å². The number of rotatable bonds is 12. The summed E-state index contributed by atoms with van der Waals surface area (Å²) in [5.41, 5.74) is 2.31. The summed E-state index contributed by atoms with van der Waals surface area (Å²) in [5, 5.41) is 97.7. The molecule has 12 rings (SSSR count). The molecule has 706 valence electrons. The summed E-state index contributed by atoms with van der Waals surface area (Å²) < 4.78 is 21.1. The lowest BCUT2D eigenvalue weighted by Crippen LogP contribution is -2.37. The third-order valence-corrected chi connectivity index (χ3v) is 23.0. The molecular weight excluding hydrogens is 1730 g/mol. The van der Waals surface area contributed by atoms with Crippen molar-refractivity contribution < 1.29 is 118 Å². The molecule has 4 atom stereocenters. The zero-order valence-electron chi connectivity index (χ0n) is 74.6. The fourth-order valence-electron chi connectivity index (χ4n) is 15.2. The van der Waals surface area contributed by atoms with E-state index >= 15 is 0 Å². The molecule has 0 bridgehead atoms. The van der Waals surface area contributed by atoms with Gasteiger partial charge in [0.1, 0.15) is 88.1 Å². The summed E-state index contributed by atoms with van der Waals surface area (Å²) in [6.45, 7) is 13.5. The highest BCUT2D eigenvalue weighted by molar-refractivity contribution is 6.34. The molecule has 4 saturated heterocycles. The minimum Gasteiger partial charge on any atom is -0.508 e. The maximum absolute atomic E-state index is 12.7. The van der Waals surface area contributed by atoms with Gasteiger partial charge < -0.3 is 98.7 Å². The van der Waals surface area contributed by atoms with Crippen molar-refractivity contribution in [2.45, 2.75) is 163 Å². The van der Waals surface area contributed by atoms with Crippen LogP contribution in [-0.4, -0.2) is 236 Å². The Balaban J connectivity index is 0.000000197. The van der Waals surface area contributed by atoms with Gasteiger partial charge in [0.25, 0.3) is 23.6 Å². The molecule has 4 aromatic carbocycles. The number of cyclic esters (lactones) is 4. The average molecular weight is 1850 g/mol. The van der Waals surface area contributed by atoms with Crippen molar-refractivity contribution in [2.75, 3.05) is 105 Å². The van der Waals surface area contributed by atoms with E-state index in [0.29, 0.717) is 79.4 Å². The lowest BCUT2D eigenvalue weighted by molar-refractivity contribution is -0.137. The summed E-state index contributed by atoms with van der Waals surface area (Å²) >= 11 is 12.6. The van der Waals surface area contributed by atoms with Crippen LogP contribution in [0.4, 0.5) is 0 Å². The normalized spacial score (nSPS) is 23.0. The lowest BCUT2D eigenvalue weighted by Gasteiger charge is -2.26. The molecule has 4 fully saturated rings. The second-order valence-corrected chi connectivity index (χ2v) is 33.7. The molecule has 131 heavy (non-hydrogen) atoms. The second-order valence-electron chi connectivity index (χ2n) is 33.0. The second kappa shape index (κ2) is 53.5. The number of nitrogens with zero attached hydrogens (tertiary/aromatic N) is 8. The molecule has 4 unspecified atom stereocenters. The molecule has 32 nitrogen and oxygen atoms in total. The fourth-order valence-corrected chi connectivity index (χ4v) is 15.6. The molecule has 0 aromatic heterocycles. The molecule has 0 spiro atoms. The number of aromatic hydroxyl groups is 8. The Labute approximate surface area is 772 Å². The molecule has 8 aliphatic heterocycles. The van der Waals surface area contributed by atoms with Gasteiger partial charge in [-0.1, -0.05) is 144 Å². The van der Waals surface area contributed by atoms with E-state index in [-0.39, 0.29) is 204 Å². The van der Waals surface area contributed by atoms with Crippen LogP contribution in [0.5, 0.6) is 46.0 Å². The Morgan fingerprint density at radius 3 is 0.916 bits per heavy atom. The van der Waals surface area contributed by atoms with Gasteiger partial charge >= 0.3 is 23.9 Å². The Bertz CT molecular complexity index is 4850. The van der Waals surface area contributed by atoms with Crippen molar-refractivity contribution in [1.82, 2.24) is 19.6 Å². The summed E-state index contributed by atoms with van der Waals surface area (Å²) in [7, 11) is 0. The van der Waals surface area contributed by atoms with E-state index in [2.05, 4.69) is 33.6 Å². The predicted octanol–water partition coefficient (Wildman–Crippen LogP) is 15.0. The zero-order chi connectivity index (χ0) is 94.1. The van der Waals surface area contributed by atoms with Gasteiger partial charge in [-0.25, -0.2) is 19.2 Å². The van der Waals surface area contributed by atoms with Crippen LogP contribution in [0.15, 0.2) is 154 Å². The van der Waals surface area contributed by atoms with Gasteiger partial charge in [-0.15, -0.1) is 0 Å². The van der Waals surface area contributed by atoms with Crippen LogP contribution in [0.3, 0.4) is 0 Å². The Kier molecular flexibility index (Phi) is 41.7. The number of oxime groups is 4. The Morgan fingerprint density at radius 1 is 0.344 bits per heavy atom. The minimum atomic E-state index is -0.773. The number of esters is 4. The van der Waals surface area contributed by atoms with Gasteiger partial charge in [0.15, 0.2) is 26.4 Å². The van der Waals surface area contributed by atoms with Crippen LogP contribution in [0, 0.1) is 23.7 Å². The number of piperidine rings is 4. The number of carbonyl (C=O) groups is 8. The molecule has 8 heterocycles. The van der Waals surface area contributed by atoms with Gasteiger partial charge in [-0.05, 0) is 192 Å². The van der Waals surface area contributed by atoms with E-state index in [9.17, 15) is 79.2 Å². The number of benzene rings is 4. The highest BCUT2D eigenvalue weighted by Crippen LogP contribution is 2.40. The standard InChI is InChI=1S/C25H32N2O6.2C24H29ClN2O6.C24H30N2O6/c1-18-8-3-6-13-32-25(31)24-19(15-21(28)16-22(24)29)14-20(10-7-9-18)26-33-17-23(30)27-11-4-2-5-12-27;2*1-16-7-5-9-17(26-33-15-21(30)27-10-3-2-4-11-27)13-18-22(24(31)32-12-6-8-16)19(28)14-20(29)23(18)25;1-17-7-5-9-19(25-32-16-22(29)26-10-3-2-4-11-26)13-18-14-20(27)15-21(28)23(18)24(30)31-12-6-8-17/h3,7-8,10,15-16,18,28-29H,2,4-6,9,11-14,17H2,1H3;2*5-6,8-9,14,16,28-29H,2-4,7,10-13,15H2,1H3;5-6,8-9,14-15,17,27-28H,2-4,7,10-13,16H2,1H3/b8-3+,10-7+,26-20+;8-6+,9-5+,26-17+;8-6+,9-5+,26-17-;8-6+,9-5+,25-19-. The van der Waals surface area contributed by atoms with E-state index in [4.69, 9.17) is 61.5 Å². The maximum atomic E-state index is 12.7. The average Bonchev–Trinajstić information content (AvgIpc) is 1.03. The van der Waals surface area contributed by atoms with E-state index in [1.54, 1.807) is 62.1 Å². The van der Waals surface area contributed by atoms with Crippen molar-refractivity contribution in [3.8, 4) is 46.0 Å².